The van der Waals surface area contributed by atoms with Gasteiger partial charge in [0.05, 0.1) is 6.07 Å². The van der Waals surface area contributed by atoms with Crippen molar-refractivity contribution >= 4 is 39.2 Å². The van der Waals surface area contributed by atoms with Crippen LogP contribution in [0.5, 0.6) is 0 Å². The van der Waals surface area contributed by atoms with Gasteiger partial charge < -0.3 is 15.7 Å². The van der Waals surface area contributed by atoms with Crippen LogP contribution in [0.2, 0.25) is 0 Å². The van der Waals surface area contributed by atoms with Crippen LogP contribution >= 0.6 is 11.3 Å². The summed E-state index contributed by atoms with van der Waals surface area (Å²) in [5.74, 6) is -2.46. The molecular weight excluding hydrogens is 342 g/mol. The van der Waals surface area contributed by atoms with E-state index in [1.54, 1.807) is 6.07 Å². The van der Waals surface area contributed by atoms with Crippen molar-refractivity contribution in [2.45, 2.75) is 12.5 Å². The highest BCUT2D eigenvalue weighted by Crippen LogP contribution is 2.26. The number of nitrogens with zero attached hydrogens (tertiary/aromatic N) is 1. The van der Waals surface area contributed by atoms with Crippen LogP contribution in [-0.4, -0.2) is 35.5 Å². The minimum Gasteiger partial charge on any atom is -0.478 e. The molecule has 0 aliphatic rings. The number of hydrogen-bond acceptors (Lipinski definition) is 5. The van der Waals surface area contributed by atoms with E-state index in [9.17, 15) is 14.4 Å². The average molecular weight is 357 g/mol. The number of carboxylic acid groups (broad SMARTS) is 1. The zero-order chi connectivity index (χ0) is 18.2. The Bertz CT molecular complexity index is 866. The van der Waals surface area contributed by atoms with Crippen LogP contribution in [0.25, 0.3) is 10.1 Å². The molecule has 1 atom stereocenters. The molecule has 0 saturated heterocycles. The lowest BCUT2D eigenvalue weighted by Gasteiger charge is -2.16. The first-order chi connectivity index (χ1) is 12.0. The molecule has 128 valence electrons. The number of rotatable bonds is 7. The lowest BCUT2D eigenvalue weighted by molar-refractivity contribution is -0.131. The predicted octanol–water partition coefficient (Wildman–Crippen LogP) is 1.21. The lowest BCUT2D eigenvalue weighted by atomic mass is 10.0. The molecule has 2 aromatic rings. The molecule has 25 heavy (non-hydrogen) atoms. The Labute approximate surface area is 147 Å². The molecule has 0 bridgehead atoms. The summed E-state index contributed by atoms with van der Waals surface area (Å²) in [7, 11) is 0. The van der Waals surface area contributed by atoms with Crippen LogP contribution in [0.1, 0.15) is 5.56 Å². The number of nitriles is 1. The minimum atomic E-state index is -1.26. The van der Waals surface area contributed by atoms with Crippen LogP contribution in [-0.2, 0) is 20.8 Å². The van der Waals surface area contributed by atoms with E-state index in [-0.39, 0.29) is 13.0 Å². The summed E-state index contributed by atoms with van der Waals surface area (Å²) in [4.78, 5) is 34.5. The van der Waals surface area contributed by atoms with E-state index in [1.807, 2.05) is 29.6 Å². The van der Waals surface area contributed by atoms with E-state index in [0.717, 1.165) is 21.7 Å². The van der Waals surface area contributed by atoms with Crippen molar-refractivity contribution < 1.29 is 19.5 Å². The number of thiophene rings is 1. The summed E-state index contributed by atoms with van der Waals surface area (Å²) in [6.45, 7) is -0.180. The van der Waals surface area contributed by atoms with E-state index in [2.05, 4.69) is 10.6 Å². The third-order valence-electron chi connectivity index (χ3n) is 3.34. The average Bonchev–Trinajstić information content (AvgIpc) is 3.00. The number of amides is 2. The van der Waals surface area contributed by atoms with Gasteiger partial charge in [0.25, 0.3) is 0 Å². The molecule has 0 saturated carbocycles. The summed E-state index contributed by atoms with van der Waals surface area (Å²) in [6.07, 6.45) is 1.77. The van der Waals surface area contributed by atoms with Gasteiger partial charge in [0.15, 0.2) is 0 Å². The number of fused-ring (bicyclic) bond motifs is 1. The first kappa shape index (κ1) is 18.2. The second kappa shape index (κ2) is 8.61. The van der Waals surface area contributed by atoms with Gasteiger partial charge in [-0.15, -0.1) is 11.3 Å². The summed E-state index contributed by atoms with van der Waals surface area (Å²) >= 11 is 1.53. The van der Waals surface area contributed by atoms with E-state index in [1.165, 1.54) is 11.3 Å². The Morgan fingerprint density at radius 3 is 2.76 bits per heavy atom. The molecule has 8 heteroatoms. The highest BCUT2D eigenvalue weighted by Gasteiger charge is 2.21. The number of nitrogens with one attached hydrogen (secondary N) is 2. The number of benzene rings is 1. The molecular formula is C17H15N3O4S. The number of carboxylic acids is 1. The molecule has 3 N–H and O–H groups in total. The van der Waals surface area contributed by atoms with Gasteiger partial charge in [-0.3, -0.25) is 9.59 Å². The molecule has 1 aromatic heterocycles. The van der Waals surface area contributed by atoms with Gasteiger partial charge in [0.1, 0.15) is 12.6 Å². The van der Waals surface area contributed by atoms with Gasteiger partial charge in [0.2, 0.25) is 11.8 Å². The summed E-state index contributed by atoms with van der Waals surface area (Å²) in [6, 6.07) is 8.57. The first-order valence-corrected chi connectivity index (χ1v) is 8.20. The van der Waals surface area contributed by atoms with Crippen LogP contribution in [0, 0.1) is 11.3 Å². The largest absolute Gasteiger partial charge is 0.478 e. The maximum atomic E-state index is 12.2. The molecule has 0 radical (unpaired) electrons. The Morgan fingerprint density at radius 2 is 2.04 bits per heavy atom. The van der Waals surface area contributed by atoms with E-state index in [0.29, 0.717) is 6.08 Å². The van der Waals surface area contributed by atoms with Gasteiger partial charge in [-0.05, 0) is 22.4 Å². The second-order valence-electron chi connectivity index (χ2n) is 5.07. The second-order valence-corrected chi connectivity index (χ2v) is 5.98. The molecule has 0 aliphatic heterocycles. The highest BCUT2D eigenvalue weighted by molar-refractivity contribution is 7.17. The fourth-order valence-corrected chi connectivity index (χ4v) is 3.21. The summed E-state index contributed by atoms with van der Waals surface area (Å²) < 4.78 is 1.06. The zero-order valence-electron chi connectivity index (χ0n) is 13.1. The lowest BCUT2D eigenvalue weighted by Crippen LogP contribution is -2.47. The van der Waals surface area contributed by atoms with Crippen molar-refractivity contribution in [1.82, 2.24) is 10.6 Å². The monoisotopic (exact) mass is 357 g/mol. The molecule has 1 heterocycles. The molecule has 0 aliphatic carbocycles. The number of carbonyl (C=O) groups excluding carboxylic acids is 2. The van der Waals surface area contributed by atoms with Gasteiger partial charge in [0, 0.05) is 23.3 Å². The van der Waals surface area contributed by atoms with Gasteiger partial charge >= 0.3 is 5.97 Å². The van der Waals surface area contributed by atoms with Crippen molar-refractivity contribution in [3.05, 3.63) is 47.4 Å². The van der Waals surface area contributed by atoms with Crippen LogP contribution < -0.4 is 10.6 Å². The first-order valence-electron chi connectivity index (χ1n) is 7.32. The van der Waals surface area contributed by atoms with Gasteiger partial charge in [-0.1, -0.05) is 18.2 Å². The third kappa shape index (κ3) is 5.16. The Balaban J connectivity index is 2.19. The van der Waals surface area contributed by atoms with Crippen molar-refractivity contribution in [3.8, 4) is 6.07 Å². The molecule has 7 nitrogen and oxygen atoms in total. The molecule has 1 aromatic carbocycles. The molecule has 2 amide bonds. The van der Waals surface area contributed by atoms with Crippen molar-refractivity contribution in [1.29, 1.82) is 5.26 Å². The van der Waals surface area contributed by atoms with Gasteiger partial charge in [-0.2, -0.15) is 5.26 Å². The fraction of sp³-hybridized carbons (Fsp3) is 0.176. The molecule has 1 unspecified atom stereocenters. The maximum Gasteiger partial charge on any atom is 0.328 e. The van der Waals surface area contributed by atoms with Crippen LogP contribution in [0.4, 0.5) is 0 Å². The van der Waals surface area contributed by atoms with Crippen LogP contribution in [0.3, 0.4) is 0 Å². The van der Waals surface area contributed by atoms with Gasteiger partial charge in [-0.25, -0.2) is 4.79 Å². The fourth-order valence-electron chi connectivity index (χ4n) is 2.24. The van der Waals surface area contributed by atoms with Crippen LogP contribution in [0.15, 0.2) is 41.8 Å². The summed E-state index contributed by atoms with van der Waals surface area (Å²) in [5, 5.41) is 24.9. The molecule has 0 fully saturated rings. The number of carbonyl (C=O) groups is 3. The van der Waals surface area contributed by atoms with Crippen molar-refractivity contribution in [3.63, 3.8) is 0 Å². The number of aliphatic carboxylic acids is 1. The summed E-state index contributed by atoms with van der Waals surface area (Å²) in [5.41, 5.74) is 0.889. The molecule has 2 rings (SSSR count). The number of hydrogen-bond donors (Lipinski definition) is 3. The quantitative estimate of drug-likeness (QED) is 0.508. The van der Waals surface area contributed by atoms with E-state index >= 15 is 0 Å². The SMILES string of the molecule is N#CCNC(=O)C(Cc1csc2ccccc12)NC(=O)/C=C/C(=O)O. The topological polar surface area (TPSA) is 119 Å². The highest BCUT2D eigenvalue weighted by atomic mass is 32.1. The smallest absolute Gasteiger partial charge is 0.328 e. The zero-order valence-corrected chi connectivity index (χ0v) is 13.9. The van der Waals surface area contributed by atoms with Crippen molar-refractivity contribution in [2.24, 2.45) is 0 Å². The van der Waals surface area contributed by atoms with Crippen molar-refractivity contribution in [2.75, 3.05) is 6.54 Å². The predicted molar refractivity (Wildman–Crippen MR) is 92.9 cm³/mol. The van der Waals surface area contributed by atoms with E-state index < -0.39 is 23.8 Å². The standard InChI is InChI=1S/C17H15N3O4S/c18-7-8-19-17(24)13(20-15(21)5-6-16(22)23)9-11-10-25-14-4-2-1-3-12(11)14/h1-6,10,13H,8-9H2,(H,19,24)(H,20,21)(H,22,23)/b6-5+. The molecule has 0 spiro atoms. The Kier molecular flexibility index (Phi) is 6.26. The third-order valence-corrected chi connectivity index (χ3v) is 4.35. The van der Waals surface area contributed by atoms with E-state index in [4.69, 9.17) is 10.4 Å². The Hall–Kier alpha value is -3.18. The Morgan fingerprint density at radius 1 is 1.28 bits per heavy atom. The normalized spacial score (nSPS) is 11.8. The maximum absolute atomic E-state index is 12.2. The minimum absolute atomic E-state index is 0.180.